The Balaban J connectivity index is 2.03. The van der Waals surface area contributed by atoms with Gasteiger partial charge in [-0.3, -0.25) is 4.79 Å². The minimum Gasteiger partial charge on any atom is -0.507 e. The van der Waals surface area contributed by atoms with E-state index < -0.39 is 0 Å². The predicted octanol–water partition coefficient (Wildman–Crippen LogP) is 2.79. The highest BCUT2D eigenvalue weighted by molar-refractivity contribution is 6.01. The number of ether oxygens (including phenoxy) is 1. The maximum atomic E-state index is 12.4. The monoisotopic (exact) mass is 271 g/mol. The summed E-state index contributed by atoms with van der Waals surface area (Å²) in [6.07, 6.45) is 2.12. The van der Waals surface area contributed by atoms with E-state index in [1.54, 1.807) is 19.2 Å². The molecule has 104 valence electrons. The fourth-order valence-corrected chi connectivity index (χ4v) is 2.67. The quantitative estimate of drug-likeness (QED) is 0.913. The zero-order valence-electron chi connectivity index (χ0n) is 11.4. The van der Waals surface area contributed by atoms with Gasteiger partial charge in [-0.25, -0.2) is 0 Å². The molecule has 4 heteroatoms. The Morgan fingerprint density at radius 2 is 1.95 bits per heavy atom. The molecule has 0 bridgehead atoms. The fourth-order valence-electron chi connectivity index (χ4n) is 2.67. The molecule has 0 aliphatic carbocycles. The number of hydrogen-bond acceptors (Lipinski definition) is 3. The lowest BCUT2D eigenvalue weighted by molar-refractivity contribution is 0.0792. The summed E-state index contributed by atoms with van der Waals surface area (Å²) in [7, 11) is 1.59. The SMILES string of the molecule is COc1ccc2cc(C(=O)N3CCCC3)cc(O)c2c1. The van der Waals surface area contributed by atoms with Crippen molar-refractivity contribution in [2.24, 2.45) is 0 Å². The van der Waals surface area contributed by atoms with Crippen molar-refractivity contribution in [2.45, 2.75) is 12.8 Å². The number of phenolic OH excluding ortho intramolecular Hbond substituents is 1. The van der Waals surface area contributed by atoms with Gasteiger partial charge >= 0.3 is 0 Å². The number of methoxy groups -OCH3 is 1. The molecule has 2 aromatic carbocycles. The third-order valence-electron chi connectivity index (χ3n) is 3.78. The van der Waals surface area contributed by atoms with Crippen molar-refractivity contribution in [3.8, 4) is 11.5 Å². The van der Waals surface area contributed by atoms with E-state index in [9.17, 15) is 9.90 Å². The van der Waals surface area contributed by atoms with Crippen molar-refractivity contribution in [1.82, 2.24) is 4.90 Å². The van der Waals surface area contributed by atoms with Gasteiger partial charge in [0.1, 0.15) is 11.5 Å². The average molecular weight is 271 g/mol. The molecule has 0 radical (unpaired) electrons. The van der Waals surface area contributed by atoms with Crippen LogP contribution in [0.2, 0.25) is 0 Å². The van der Waals surface area contributed by atoms with Crippen molar-refractivity contribution in [3.63, 3.8) is 0 Å². The lowest BCUT2D eigenvalue weighted by atomic mass is 10.0. The van der Waals surface area contributed by atoms with Crippen LogP contribution in [0, 0.1) is 0 Å². The van der Waals surface area contributed by atoms with Gasteiger partial charge in [-0.15, -0.1) is 0 Å². The van der Waals surface area contributed by atoms with Crippen LogP contribution in [0.15, 0.2) is 30.3 Å². The number of carbonyl (C=O) groups is 1. The van der Waals surface area contributed by atoms with Crippen LogP contribution in [0.1, 0.15) is 23.2 Å². The largest absolute Gasteiger partial charge is 0.507 e. The van der Waals surface area contributed by atoms with Crippen molar-refractivity contribution in [3.05, 3.63) is 35.9 Å². The van der Waals surface area contributed by atoms with Gasteiger partial charge in [0.2, 0.25) is 0 Å². The topological polar surface area (TPSA) is 49.8 Å². The van der Waals surface area contributed by atoms with E-state index in [1.165, 1.54) is 0 Å². The van der Waals surface area contributed by atoms with Crippen molar-refractivity contribution >= 4 is 16.7 Å². The van der Waals surface area contributed by atoms with Crippen LogP contribution in [0.5, 0.6) is 11.5 Å². The second kappa shape index (κ2) is 5.04. The molecule has 1 amide bonds. The molecule has 1 aliphatic rings. The molecule has 1 fully saturated rings. The van der Waals surface area contributed by atoms with E-state index in [2.05, 4.69) is 0 Å². The normalized spacial score (nSPS) is 14.8. The van der Waals surface area contributed by atoms with E-state index in [4.69, 9.17) is 4.74 Å². The number of nitrogens with zero attached hydrogens (tertiary/aromatic N) is 1. The van der Waals surface area contributed by atoms with Gasteiger partial charge < -0.3 is 14.7 Å². The van der Waals surface area contributed by atoms with Gasteiger partial charge in [-0.05, 0) is 42.5 Å². The molecule has 0 aromatic heterocycles. The van der Waals surface area contributed by atoms with Gasteiger partial charge in [0, 0.05) is 24.0 Å². The first-order chi connectivity index (χ1) is 9.69. The summed E-state index contributed by atoms with van der Waals surface area (Å²) in [6.45, 7) is 1.61. The molecular formula is C16H17NO3. The molecule has 1 heterocycles. The molecule has 4 nitrogen and oxygen atoms in total. The molecule has 0 saturated carbocycles. The number of likely N-dealkylation sites (tertiary alicyclic amines) is 1. The van der Waals surface area contributed by atoms with Crippen LogP contribution in [-0.4, -0.2) is 36.1 Å². The van der Waals surface area contributed by atoms with Gasteiger partial charge in [-0.1, -0.05) is 6.07 Å². The number of phenols is 1. The summed E-state index contributed by atoms with van der Waals surface area (Å²) >= 11 is 0. The summed E-state index contributed by atoms with van der Waals surface area (Å²) in [5.41, 5.74) is 0.544. The van der Waals surface area contributed by atoms with Gasteiger partial charge in [0.25, 0.3) is 5.91 Å². The Hall–Kier alpha value is -2.23. The third-order valence-corrected chi connectivity index (χ3v) is 3.78. The van der Waals surface area contributed by atoms with E-state index in [0.29, 0.717) is 16.7 Å². The van der Waals surface area contributed by atoms with Gasteiger partial charge in [0.05, 0.1) is 7.11 Å². The number of carbonyl (C=O) groups excluding carboxylic acids is 1. The molecule has 1 saturated heterocycles. The summed E-state index contributed by atoms with van der Waals surface area (Å²) in [6, 6.07) is 8.83. The van der Waals surface area contributed by atoms with Gasteiger partial charge in [-0.2, -0.15) is 0 Å². The maximum absolute atomic E-state index is 12.4. The fraction of sp³-hybridized carbons (Fsp3) is 0.312. The first-order valence-electron chi connectivity index (χ1n) is 6.79. The molecular weight excluding hydrogens is 254 g/mol. The van der Waals surface area contributed by atoms with Crippen molar-refractivity contribution in [2.75, 3.05) is 20.2 Å². The Morgan fingerprint density at radius 3 is 2.65 bits per heavy atom. The molecule has 0 spiro atoms. The smallest absolute Gasteiger partial charge is 0.254 e. The number of rotatable bonds is 2. The summed E-state index contributed by atoms with van der Waals surface area (Å²) in [4.78, 5) is 14.2. The predicted molar refractivity (Wildman–Crippen MR) is 77.3 cm³/mol. The number of aromatic hydroxyl groups is 1. The molecule has 20 heavy (non-hydrogen) atoms. The highest BCUT2D eigenvalue weighted by atomic mass is 16.5. The van der Waals surface area contributed by atoms with E-state index in [1.807, 2.05) is 23.1 Å². The summed E-state index contributed by atoms with van der Waals surface area (Å²) in [5.74, 6) is 0.797. The molecule has 0 atom stereocenters. The first-order valence-corrected chi connectivity index (χ1v) is 6.79. The summed E-state index contributed by atoms with van der Waals surface area (Å²) < 4.78 is 5.15. The lowest BCUT2D eigenvalue weighted by Gasteiger charge is -2.16. The van der Waals surface area contributed by atoms with Crippen molar-refractivity contribution < 1.29 is 14.6 Å². The van der Waals surface area contributed by atoms with Crippen LogP contribution in [0.25, 0.3) is 10.8 Å². The zero-order valence-corrected chi connectivity index (χ0v) is 11.4. The first kappa shape index (κ1) is 12.8. The molecule has 2 aromatic rings. The van der Waals surface area contributed by atoms with Crippen LogP contribution in [0.3, 0.4) is 0 Å². The van der Waals surface area contributed by atoms with Crippen LogP contribution in [0.4, 0.5) is 0 Å². The average Bonchev–Trinajstić information content (AvgIpc) is 3.00. The molecule has 3 rings (SSSR count). The van der Waals surface area contributed by atoms with E-state index >= 15 is 0 Å². The molecule has 1 N–H and O–H groups in total. The number of hydrogen-bond donors (Lipinski definition) is 1. The Labute approximate surface area is 117 Å². The number of fused-ring (bicyclic) bond motifs is 1. The highest BCUT2D eigenvalue weighted by Gasteiger charge is 2.20. The Bertz CT molecular complexity index is 660. The third kappa shape index (κ3) is 2.18. The minimum atomic E-state index is -0.00415. The highest BCUT2D eigenvalue weighted by Crippen LogP contribution is 2.30. The maximum Gasteiger partial charge on any atom is 0.254 e. The number of benzene rings is 2. The van der Waals surface area contributed by atoms with E-state index in [0.717, 1.165) is 31.3 Å². The second-order valence-electron chi connectivity index (χ2n) is 5.08. The minimum absolute atomic E-state index is 0.00415. The number of amides is 1. The standard InChI is InChI=1S/C16H17NO3/c1-20-13-5-4-11-8-12(9-15(18)14(11)10-13)16(19)17-6-2-3-7-17/h4-5,8-10,18H,2-3,6-7H2,1H3. The Morgan fingerprint density at radius 1 is 1.20 bits per heavy atom. The van der Waals surface area contributed by atoms with Crippen LogP contribution >= 0.6 is 0 Å². The Kier molecular flexibility index (Phi) is 3.22. The van der Waals surface area contributed by atoms with Gasteiger partial charge in [0.15, 0.2) is 0 Å². The molecule has 1 aliphatic heterocycles. The summed E-state index contributed by atoms with van der Waals surface area (Å²) in [5, 5.41) is 11.7. The zero-order chi connectivity index (χ0) is 14.1. The van der Waals surface area contributed by atoms with Crippen LogP contribution < -0.4 is 4.74 Å². The lowest BCUT2D eigenvalue weighted by Crippen LogP contribution is -2.27. The second-order valence-corrected chi connectivity index (χ2v) is 5.08. The van der Waals surface area contributed by atoms with E-state index in [-0.39, 0.29) is 11.7 Å². The van der Waals surface area contributed by atoms with Crippen molar-refractivity contribution in [1.29, 1.82) is 0 Å². The molecule has 0 unspecified atom stereocenters. The van der Waals surface area contributed by atoms with Crippen LogP contribution in [-0.2, 0) is 0 Å².